The van der Waals surface area contributed by atoms with Gasteiger partial charge in [-0.3, -0.25) is 20.0 Å². The first kappa shape index (κ1) is 13.0. The van der Waals surface area contributed by atoms with Crippen molar-refractivity contribution >= 4 is 23.2 Å². The number of amides is 1. The normalized spacial score (nSPS) is 10.2. The lowest BCUT2D eigenvalue weighted by molar-refractivity contribution is -0.384. The molecule has 0 radical (unpaired) electrons. The fourth-order valence-corrected chi connectivity index (χ4v) is 1.70. The van der Waals surface area contributed by atoms with Crippen molar-refractivity contribution in [2.75, 3.05) is 0 Å². The van der Waals surface area contributed by atoms with Crippen molar-refractivity contribution in [3.05, 3.63) is 56.9 Å². The first-order valence-corrected chi connectivity index (χ1v) is 5.65. The average molecular weight is 281 g/mol. The van der Waals surface area contributed by atoms with E-state index in [0.29, 0.717) is 6.54 Å². The average Bonchev–Trinajstić information content (AvgIpc) is 2.88. The summed E-state index contributed by atoms with van der Waals surface area (Å²) in [5.74, 6) is -0.363. The lowest BCUT2D eigenvalue weighted by Crippen LogP contribution is -2.22. The summed E-state index contributed by atoms with van der Waals surface area (Å²) in [6.45, 7) is 0.309. The highest BCUT2D eigenvalue weighted by molar-refractivity contribution is 6.33. The second-order valence-electron chi connectivity index (χ2n) is 3.71. The van der Waals surface area contributed by atoms with Crippen molar-refractivity contribution in [3.63, 3.8) is 0 Å². The Morgan fingerprint density at radius 2 is 2.32 bits per heavy atom. The third kappa shape index (κ3) is 3.08. The van der Waals surface area contributed by atoms with Crippen LogP contribution in [0, 0.1) is 10.1 Å². The maximum absolute atomic E-state index is 11.8. The molecule has 2 aromatic rings. The van der Waals surface area contributed by atoms with Crippen LogP contribution in [0.1, 0.15) is 15.9 Å². The molecule has 1 aromatic heterocycles. The highest BCUT2D eigenvalue weighted by Crippen LogP contribution is 2.24. The molecule has 0 saturated carbocycles. The molecule has 19 heavy (non-hydrogen) atoms. The number of aromatic nitrogens is 2. The Hall–Kier alpha value is -2.41. The van der Waals surface area contributed by atoms with Crippen LogP contribution in [0.2, 0.25) is 5.02 Å². The van der Waals surface area contributed by atoms with Gasteiger partial charge in [-0.25, -0.2) is 0 Å². The van der Waals surface area contributed by atoms with E-state index in [2.05, 4.69) is 15.5 Å². The Balaban J connectivity index is 2.07. The molecule has 7 nitrogen and oxygen atoms in total. The molecule has 0 aliphatic heterocycles. The maximum atomic E-state index is 11.8. The summed E-state index contributed by atoms with van der Waals surface area (Å²) >= 11 is 5.73. The second-order valence-corrected chi connectivity index (χ2v) is 4.12. The van der Waals surface area contributed by atoms with Crippen LogP contribution < -0.4 is 5.32 Å². The van der Waals surface area contributed by atoms with Crippen molar-refractivity contribution in [1.82, 2.24) is 15.5 Å². The number of hydrogen-bond donors (Lipinski definition) is 2. The first-order valence-electron chi connectivity index (χ1n) is 5.27. The summed E-state index contributed by atoms with van der Waals surface area (Å²) in [4.78, 5) is 21.8. The Kier molecular flexibility index (Phi) is 3.76. The van der Waals surface area contributed by atoms with E-state index in [-0.39, 0.29) is 22.2 Å². The van der Waals surface area contributed by atoms with Crippen molar-refractivity contribution in [3.8, 4) is 0 Å². The number of nitro groups is 1. The summed E-state index contributed by atoms with van der Waals surface area (Å²) < 4.78 is 0. The zero-order valence-electron chi connectivity index (χ0n) is 9.59. The number of rotatable bonds is 4. The number of benzene rings is 1. The Labute approximate surface area is 112 Å². The predicted octanol–water partition coefficient (Wildman–Crippen LogP) is 1.90. The van der Waals surface area contributed by atoms with E-state index in [1.807, 2.05) is 0 Å². The quantitative estimate of drug-likeness (QED) is 0.659. The van der Waals surface area contributed by atoms with E-state index in [1.54, 1.807) is 12.4 Å². The Morgan fingerprint density at radius 3 is 2.89 bits per heavy atom. The van der Waals surface area contributed by atoms with Gasteiger partial charge in [-0.05, 0) is 12.1 Å². The Morgan fingerprint density at radius 1 is 1.53 bits per heavy atom. The zero-order chi connectivity index (χ0) is 13.8. The van der Waals surface area contributed by atoms with Gasteiger partial charge >= 0.3 is 0 Å². The van der Waals surface area contributed by atoms with Crippen LogP contribution in [-0.4, -0.2) is 21.0 Å². The number of hydrogen-bond acceptors (Lipinski definition) is 4. The van der Waals surface area contributed by atoms with E-state index < -0.39 is 4.92 Å². The number of aromatic amines is 1. The molecule has 8 heteroatoms. The summed E-state index contributed by atoms with van der Waals surface area (Å²) in [5.41, 5.74) is 0.855. The molecule has 0 atom stereocenters. The molecule has 98 valence electrons. The molecule has 1 aromatic carbocycles. The largest absolute Gasteiger partial charge is 0.348 e. The van der Waals surface area contributed by atoms with Crippen molar-refractivity contribution in [2.24, 2.45) is 0 Å². The standard InChI is InChI=1S/C11H9ClN4O3/c12-9-3-8(1-2-10(9)16(18)19)11(17)13-4-7-5-14-15-6-7/h1-3,5-6H,4H2,(H,13,17)(H,14,15). The predicted molar refractivity (Wildman–Crippen MR) is 67.9 cm³/mol. The molecule has 0 bridgehead atoms. The molecule has 2 N–H and O–H groups in total. The van der Waals surface area contributed by atoms with Gasteiger partial charge in [-0.1, -0.05) is 11.6 Å². The van der Waals surface area contributed by atoms with Gasteiger partial charge in [0.1, 0.15) is 5.02 Å². The van der Waals surface area contributed by atoms with Crippen LogP contribution >= 0.6 is 11.6 Å². The molecule has 0 aliphatic carbocycles. The van der Waals surface area contributed by atoms with Crippen molar-refractivity contribution < 1.29 is 9.72 Å². The monoisotopic (exact) mass is 280 g/mol. The van der Waals surface area contributed by atoms with E-state index in [1.165, 1.54) is 18.2 Å². The van der Waals surface area contributed by atoms with Gasteiger partial charge in [0.2, 0.25) is 0 Å². The number of carbonyl (C=O) groups is 1. The van der Waals surface area contributed by atoms with Gasteiger partial charge in [0.05, 0.1) is 11.1 Å². The molecular weight excluding hydrogens is 272 g/mol. The van der Waals surface area contributed by atoms with Gasteiger partial charge in [0.25, 0.3) is 11.6 Å². The number of carbonyl (C=O) groups excluding carboxylic acids is 1. The summed E-state index contributed by atoms with van der Waals surface area (Å²) in [6.07, 6.45) is 3.24. The lowest BCUT2D eigenvalue weighted by atomic mass is 10.2. The van der Waals surface area contributed by atoms with Crippen LogP contribution in [-0.2, 0) is 6.54 Å². The lowest BCUT2D eigenvalue weighted by Gasteiger charge is -2.04. The molecular formula is C11H9ClN4O3. The Bertz CT molecular complexity index is 612. The number of nitrogens with one attached hydrogen (secondary N) is 2. The molecule has 0 unspecified atom stereocenters. The zero-order valence-corrected chi connectivity index (χ0v) is 10.3. The molecule has 0 fully saturated rings. The summed E-state index contributed by atoms with van der Waals surface area (Å²) in [7, 11) is 0. The topological polar surface area (TPSA) is 101 Å². The van der Waals surface area contributed by atoms with Crippen molar-refractivity contribution in [2.45, 2.75) is 6.54 Å². The summed E-state index contributed by atoms with van der Waals surface area (Å²) in [6, 6.07) is 3.83. The minimum Gasteiger partial charge on any atom is -0.348 e. The van der Waals surface area contributed by atoms with Crippen LogP contribution in [0.25, 0.3) is 0 Å². The number of H-pyrrole nitrogens is 1. The molecule has 1 amide bonds. The van der Waals surface area contributed by atoms with E-state index in [0.717, 1.165) is 5.56 Å². The van der Waals surface area contributed by atoms with Gasteiger partial charge in [-0.15, -0.1) is 0 Å². The minimum absolute atomic E-state index is 0.0686. The van der Waals surface area contributed by atoms with Gasteiger partial charge in [0.15, 0.2) is 0 Å². The van der Waals surface area contributed by atoms with Gasteiger partial charge in [0, 0.05) is 29.9 Å². The number of nitro benzene ring substituents is 1. The molecule has 0 spiro atoms. The first-order chi connectivity index (χ1) is 9.08. The van der Waals surface area contributed by atoms with Crippen LogP contribution in [0.4, 0.5) is 5.69 Å². The molecule has 2 rings (SSSR count). The van der Waals surface area contributed by atoms with Gasteiger partial charge in [-0.2, -0.15) is 5.10 Å². The van der Waals surface area contributed by atoms with Crippen LogP contribution in [0.5, 0.6) is 0 Å². The smallest absolute Gasteiger partial charge is 0.287 e. The van der Waals surface area contributed by atoms with Crippen LogP contribution in [0.3, 0.4) is 0 Å². The maximum Gasteiger partial charge on any atom is 0.287 e. The van der Waals surface area contributed by atoms with Crippen LogP contribution in [0.15, 0.2) is 30.6 Å². The second kappa shape index (κ2) is 5.49. The van der Waals surface area contributed by atoms with E-state index >= 15 is 0 Å². The SMILES string of the molecule is O=C(NCc1cn[nH]c1)c1ccc([N+](=O)[O-])c(Cl)c1. The minimum atomic E-state index is -0.602. The van der Waals surface area contributed by atoms with E-state index in [9.17, 15) is 14.9 Å². The fourth-order valence-electron chi connectivity index (χ4n) is 1.45. The fraction of sp³-hybridized carbons (Fsp3) is 0.0909. The molecule has 1 heterocycles. The number of halogens is 1. The summed E-state index contributed by atoms with van der Waals surface area (Å²) in [5, 5.41) is 19.5. The molecule has 0 aliphatic rings. The third-order valence-electron chi connectivity index (χ3n) is 2.41. The number of nitrogens with zero attached hydrogens (tertiary/aromatic N) is 2. The molecule has 0 saturated heterocycles. The van der Waals surface area contributed by atoms with E-state index in [4.69, 9.17) is 11.6 Å². The highest BCUT2D eigenvalue weighted by Gasteiger charge is 2.15. The highest BCUT2D eigenvalue weighted by atomic mass is 35.5. The third-order valence-corrected chi connectivity index (χ3v) is 2.72. The van der Waals surface area contributed by atoms with Gasteiger partial charge < -0.3 is 5.32 Å². The van der Waals surface area contributed by atoms with Crippen molar-refractivity contribution in [1.29, 1.82) is 0 Å².